The minimum atomic E-state index is -0.484. The Hall–Kier alpha value is -0.970. The molecule has 0 unspecified atom stereocenters. The fraction of sp³-hybridized carbons (Fsp3) is 0.417. The van der Waals surface area contributed by atoms with Crippen molar-refractivity contribution in [2.45, 2.75) is 19.4 Å². The number of ether oxygens (including phenoxy) is 2. The predicted octanol–water partition coefficient (Wildman–Crippen LogP) is 2.72. The summed E-state index contributed by atoms with van der Waals surface area (Å²) in [6.07, 6.45) is 0.102. The summed E-state index contributed by atoms with van der Waals surface area (Å²) in [6, 6.07) is 4.65. The molecule has 2 N–H and O–H groups in total. The van der Waals surface area contributed by atoms with Crippen molar-refractivity contribution >= 4 is 30.0 Å². The van der Waals surface area contributed by atoms with Gasteiger partial charge in [-0.2, -0.15) is 0 Å². The quantitative estimate of drug-likeness (QED) is 0.848. The molecule has 0 aliphatic heterocycles. The van der Waals surface area contributed by atoms with Crippen molar-refractivity contribution in [1.29, 1.82) is 0 Å². The molecule has 0 heterocycles. The van der Waals surface area contributed by atoms with Crippen molar-refractivity contribution < 1.29 is 14.3 Å². The number of methoxy groups -OCH3 is 1. The molecule has 0 aromatic heterocycles. The number of carbonyl (C=O) groups is 1. The van der Waals surface area contributed by atoms with Gasteiger partial charge in [-0.3, -0.25) is 4.79 Å². The van der Waals surface area contributed by atoms with E-state index in [-0.39, 0.29) is 24.8 Å². The Bertz CT molecular complexity index is 399. The van der Waals surface area contributed by atoms with Crippen LogP contribution in [0.25, 0.3) is 0 Å². The smallest absolute Gasteiger partial charge is 0.307 e. The van der Waals surface area contributed by atoms with E-state index in [9.17, 15) is 4.79 Å². The van der Waals surface area contributed by atoms with Gasteiger partial charge < -0.3 is 15.2 Å². The summed E-state index contributed by atoms with van der Waals surface area (Å²) in [5.74, 6) is 0.285. The van der Waals surface area contributed by atoms with Gasteiger partial charge in [0, 0.05) is 16.6 Å². The fourth-order valence-electron chi connectivity index (χ4n) is 1.50. The third-order valence-electron chi connectivity index (χ3n) is 2.28. The zero-order valence-electron chi connectivity index (χ0n) is 10.3. The SMILES string of the molecule is CCOC(=O)C[C@H](N)c1cc(Cl)ccc1OC.Cl. The lowest BCUT2D eigenvalue weighted by Gasteiger charge is -2.15. The van der Waals surface area contributed by atoms with Crippen molar-refractivity contribution in [3.05, 3.63) is 28.8 Å². The number of carbonyl (C=O) groups excluding carboxylic acids is 1. The van der Waals surface area contributed by atoms with Gasteiger partial charge in [-0.1, -0.05) is 11.6 Å². The molecule has 1 atom stereocenters. The van der Waals surface area contributed by atoms with Gasteiger partial charge in [-0.05, 0) is 25.1 Å². The second-order valence-electron chi connectivity index (χ2n) is 3.50. The third kappa shape index (κ3) is 4.72. The molecule has 102 valence electrons. The number of benzene rings is 1. The van der Waals surface area contributed by atoms with E-state index >= 15 is 0 Å². The van der Waals surface area contributed by atoms with Crippen LogP contribution in [-0.2, 0) is 9.53 Å². The zero-order chi connectivity index (χ0) is 12.8. The lowest BCUT2D eigenvalue weighted by molar-refractivity contribution is -0.143. The van der Waals surface area contributed by atoms with Gasteiger partial charge in [0.2, 0.25) is 0 Å². The van der Waals surface area contributed by atoms with E-state index in [1.54, 1.807) is 32.2 Å². The van der Waals surface area contributed by atoms with Crippen LogP contribution in [0.5, 0.6) is 5.75 Å². The van der Waals surface area contributed by atoms with Crippen molar-refractivity contribution in [2.75, 3.05) is 13.7 Å². The van der Waals surface area contributed by atoms with Gasteiger partial charge in [0.15, 0.2) is 0 Å². The average Bonchev–Trinajstić information content (AvgIpc) is 2.29. The summed E-state index contributed by atoms with van der Waals surface area (Å²) in [5.41, 5.74) is 6.63. The van der Waals surface area contributed by atoms with Gasteiger partial charge in [0.05, 0.1) is 20.1 Å². The van der Waals surface area contributed by atoms with Crippen LogP contribution < -0.4 is 10.5 Å². The minimum absolute atomic E-state index is 0. The molecule has 0 saturated heterocycles. The van der Waals surface area contributed by atoms with Crippen LogP contribution in [0, 0.1) is 0 Å². The lowest BCUT2D eigenvalue weighted by atomic mass is 10.0. The normalized spacial score (nSPS) is 11.3. The van der Waals surface area contributed by atoms with E-state index in [1.165, 1.54) is 0 Å². The van der Waals surface area contributed by atoms with Gasteiger partial charge >= 0.3 is 5.97 Å². The Morgan fingerprint density at radius 3 is 2.72 bits per heavy atom. The highest BCUT2D eigenvalue weighted by atomic mass is 35.5. The maximum Gasteiger partial charge on any atom is 0.307 e. The molecule has 0 spiro atoms. The first-order valence-electron chi connectivity index (χ1n) is 5.33. The monoisotopic (exact) mass is 293 g/mol. The maximum absolute atomic E-state index is 11.3. The zero-order valence-corrected chi connectivity index (χ0v) is 11.9. The first-order valence-corrected chi connectivity index (χ1v) is 5.71. The molecule has 1 aromatic rings. The molecular weight excluding hydrogens is 277 g/mol. The van der Waals surface area contributed by atoms with E-state index in [0.717, 1.165) is 0 Å². The minimum Gasteiger partial charge on any atom is -0.496 e. The molecule has 0 radical (unpaired) electrons. The molecule has 0 aliphatic carbocycles. The van der Waals surface area contributed by atoms with Crippen LogP contribution in [0.1, 0.15) is 24.9 Å². The number of hydrogen-bond acceptors (Lipinski definition) is 4. The van der Waals surface area contributed by atoms with Crippen LogP contribution in [0.4, 0.5) is 0 Å². The first kappa shape index (κ1) is 17.0. The predicted molar refractivity (Wildman–Crippen MR) is 73.4 cm³/mol. The standard InChI is InChI=1S/C12H16ClNO3.ClH/c1-3-17-12(15)7-10(14)9-6-8(13)4-5-11(9)16-2;/h4-6,10H,3,7,14H2,1-2H3;1H/t10-;/m0./s1. The number of nitrogens with two attached hydrogens (primary N) is 1. The second-order valence-corrected chi connectivity index (χ2v) is 3.94. The first-order chi connectivity index (χ1) is 8.08. The third-order valence-corrected chi connectivity index (χ3v) is 2.52. The van der Waals surface area contributed by atoms with Crippen molar-refractivity contribution in [1.82, 2.24) is 0 Å². The Morgan fingerprint density at radius 2 is 2.17 bits per heavy atom. The van der Waals surface area contributed by atoms with Crippen LogP contribution in [-0.4, -0.2) is 19.7 Å². The van der Waals surface area contributed by atoms with E-state index in [0.29, 0.717) is 22.9 Å². The topological polar surface area (TPSA) is 61.5 Å². The molecule has 0 amide bonds. The Kier molecular flexibility index (Phi) is 7.75. The Morgan fingerprint density at radius 1 is 1.50 bits per heavy atom. The highest BCUT2D eigenvalue weighted by molar-refractivity contribution is 6.30. The summed E-state index contributed by atoms with van der Waals surface area (Å²) in [6.45, 7) is 2.10. The number of esters is 1. The van der Waals surface area contributed by atoms with Gasteiger partial charge in [-0.25, -0.2) is 0 Å². The number of halogens is 2. The number of hydrogen-bond donors (Lipinski definition) is 1. The largest absolute Gasteiger partial charge is 0.496 e. The lowest BCUT2D eigenvalue weighted by Crippen LogP contribution is -2.18. The highest BCUT2D eigenvalue weighted by Gasteiger charge is 2.16. The molecule has 0 aliphatic rings. The van der Waals surface area contributed by atoms with E-state index in [4.69, 9.17) is 26.8 Å². The molecule has 0 saturated carbocycles. The summed E-state index contributed by atoms with van der Waals surface area (Å²) in [7, 11) is 1.55. The maximum atomic E-state index is 11.3. The van der Waals surface area contributed by atoms with Crippen molar-refractivity contribution in [2.24, 2.45) is 5.73 Å². The number of rotatable bonds is 5. The van der Waals surface area contributed by atoms with Gasteiger partial charge in [0.1, 0.15) is 5.75 Å². The molecule has 0 bridgehead atoms. The van der Waals surface area contributed by atoms with E-state index in [2.05, 4.69) is 0 Å². The van der Waals surface area contributed by atoms with Crippen molar-refractivity contribution in [3.8, 4) is 5.75 Å². The second kappa shape index (κ2) is 8.19. The molecule has 6 heteroatoms. The van der Waals surface area contributed by atoms with Crippen LogP contribution in [0.2, 0.25) is 5.02 Å². The Labute approximate surface area is 118 Å². The van der Waals surface area contributed by atoms with Crippen LogP contribution >= 0.6 is 24.0 Å². The highest BCUT2D eigenvalue weighted by Crippen LogP contribution is 2.28. The molecule has 1 rings (SSSR count). The molecule has 1 aromatic carbocycles. The van der Waals surface area contributed by atoms with Crippen LogP contribution in [0.3, 0.4) is 0 Å². The molecule has 18 heavy (non-hydrogen) atoms. The van der Waals surface area contributed by atoms with Crippen LogP contribution in [0.15, 0.2) is 18.2 Å². The molecule has 4 nitrogen and oxygen atoms in total. The van der Waals surface area contributed by atoms with Gasteiger partial charge in [0.25, 0.3) is 0 Å². The van der Waals surface area contributed by atoms with Crippen molar-refractivity contribution in [3.63, 3.8) is 0 Å². The summed E-state index contributed by atoms with van der Waals surface area (Å²) < 4.78 is 10.0. The summed E-state index contributed by atoms with van der Waals surface area (Å²) in [5, 5.41) is 0.556. The van der Waals surface area contributed by atoms with Gasteiger partial charge in [-0.15, -0.1) is 12.4 Å². The summed E-state index contributed by atoms with van der Waals surface area (Å²) in [4.78, 5) is 11.3. The van der Waals surface area contributed by atoms with E-state index in [1.807, 2.05) is 0 Å². The fourth-order valence-corrected chi connectivity index (χ4v) is 1.68. The van der Waals surface area contributed by atoms with E-state index < -0.39 is 6.04 Å². The average molecular weight is 294 g/mol. The molecular formula is C12H17Cl2NO3. The Balaban J connectivity index is 0.00000289. The molecule has 0 fully saturated rings. The summed E-state index contributed by atoms with van der Waals surface area (Å²) >= 11 is 5.89.